The van der Waals surface area contributed by atoms with E-state index in [-0.39, 0.29) is 0 Å². The van der Waals surface area contributed by atoms with Gasteiger partial charge in [0.1, 0.15) is 0 Å². The Hall–Kier alpha value is -1.47. The van der Waals surface area contributed by atoms with Crippen molar-refractivity contribution in [2.75, 3.05) is 11.1 Å². The number of rotatable bonds is 2. The summed E-state index contributed by atoms with van der Waals surface area (Å²) in [5.74, 6) is 0. The second kappa shape index (κ2) is 4.90. The summed E-state index contributed by atoms with van der Waals surface area (Å²) in [5, 5.41) is 11.9. The average molecular weight is 385 g/mol. The minimum Gasteiger partial charge on any atom is -0.397 e. The number of nitrogens with two attached hydrogens (primary N) is 1. The van der Waals surface area contributed by atoms with E-state index in [9.17, 15) is 0 Å². The molecule has 0 aliphatic rings. The molecule has 0 spiro atoms. The van der Waals surface area contributed by atoms with E-state index in [0.717, 1.165) is 25.8 Å². The lowest BCUT2D eigenvalue weighted by Gasteiger charge is -2.11. The first kappa shape index (κ1) is 12.6. The summed E-state index contributed by atoms with van der Waals surface area (Å²) in [4.78, 5) is 0. The van der Waals surface area contributed by atoms with Crippen LogP contribution in [0.5, 0.6) is 0 Å². The Labute approximate surface area is 128 Å². The molecule has 4 nitrogen and oxygen atoms in total. The van der Waals surface area contributed by atoms with Gasteiger partial charge in [0, 0.05) is 14.0 Å². The summed E-state index contributed by atoms with van der Waals surface area (Å²) in [6.45, 7) is 0. The van der Waals surface area contributed by atoms with Gasteiger partial charge in [-0.15, -0.1) is 0 Å². The molecule has 1 heterocycles. The van der Waals surface area contributed by atoms with Crippen molar-refractivity contribution in [2.45, 2.75) is 0 Å². The Morgan fingerprint density at radius 1 is 1.21 bits per heavy atom. The first-order valence-electron chi connectivity index (χ1n) is 5.58. The van der Waals surface area contributed by atoms with E-state index in [1.807, 2.05) is 30.3 Å². The Morgan fingerprint density at radius 2 is 2.05 bits per heavy atom. The molecule has 0 fully saturated rings. The Kier molecular flexibility index (Phi) is 3.24. The van der Waals surface area contributed by atoms with Crippen molar-refractivity contribution in [1.82, 2.24) is 10.2 Å². The molecule has 0 aliphatic heterocycles. The summed E-state index contributed by atoms with van der Waals surface area (Å²) in [6, 6.07) is 9.51. The van der Waals surface area contributed by atoms with Gasteiger partial charge in [0.25, 0.3) is 0 Å². The second-order valence-corrected chi connectivity index (χ2v) is 5.74. The van der Waals surface area contributed by atoms with Crippen LogP contribution in [-0.4, -0.2) is 10.2 Å². The van der Waals surface area contributed by atoms with Gasteiger partial charge >= 0.3 is 0 Å². The highest BCUT2D eigenvalue weighted by molar-refractivity contribution is 14.1. The molecule has 0 aliphatic carbocycles. The second-order valence-electron chi connectivity index (χ2n) is 4.15. The molecule has 0 bridgehead atoms. The van der Waals surface area contributed by atoms with Crippen LogP contribution in [0.4, 0.5) is 17.1 Å². The molecule has 0 saturated carbocycles. The van der Waals surface area contributed by atoms with Gasteiger partial charge in [-0.1, -0.05) is 11.6 Å². The standard InChI is InChI=1S/C13H10ClIN4/c14-8-1-2-11(9(15)4-8)18-13-5-12-7(3-10(13)16)6-17-19-12/h1-6,18H,16H2,(H,17,19). The largest absolute Gasteiger partial charge is 0.397 e. The van der Waals surface area contributed by atoms with Crippen molar-refractivity contribution in [3.8, 4) is 0 Å². The number of aromatic amines is 1. The van der Waals surface area contributed by atoms with Gasteiger partial charge in [-0.2, -0.15) is 5.10 Å². The van der Waals surface area contributed by atoms with Crippen molar-refractivity contribution in [3.05, 3.63) is 45.1 Å². The number of nitrogens with zero attached hydrogens (tertiary/aromatic N) is 1. The molecule has 96 valence electrons. The van der Waals surface area contributed by atoms with Crippen LogP contribution in [0.3, 0.4) is 0 Å². The summed E-state index contributed by atoms with van der Waals surface area (Å²) in [7, 11) is 0. The third kappa shape index (κ3) is 2.48. The average Bonchev–Trinajstić information content (AvgIpc) is 2.80. The van der Waals surface area contributed by atoms with Crippen molar-refractivity contribution in [1.29, 1.82) is 0 Å². The number of aromatic nitrogens is 2. The molecular weight excluding hydrogens is 375 g/mol. The third-order valence-corrected chi connectivity index (χ3v) is 3.94. The van der Waals surface area contributed by atoms with Gasteiger partial charge in [-0.25, -0.2) is 0 Å². The van der Waals surface area contributed by atoms with Crippen molar-refractivity contribution >= 4 is 62.2 Å². The fraction of sp³-hybridized carbons (Fsp3) is 0. The third-order valence-electron chi connectivity index (χ3n) is 2.81. The predicted octanol–water partition coefficient (Wildman–Crippen LogP) is 4.15. The van der Waals surface area contributed by atoms with Crippen LogP contribution < -0.4 is 11.1 Å². The number of halogens is 2. The highest BCUT2D eigenvalue weighted by Gasteiger charge is 2.06. The van der Waals surface area contributed by atoms with Gasteiger partial charge in [-0.05, 0) is 52.9 Å². The summed E-state index contributed by atoms with van der Waals surface area (Å²) in [5.41, 5.74) is 9.48. The molecule has 0 saturated heterocycles. The fourth-order valence-corrected chi connectivity index (χ4v) is 2.86. The molecule has 19 heavy (non-hydrogen) atoms. The molecule has 0 amide bonds. The molecule has 3 aromatic rings. The molecular formula is C13H10ClIN4. The van der Waals surface area contributed by atoms with Gasteiger partial charge < -0.3 is 11.1 Å². The zero-order valence-electron chi connectivity index (χ0n) is 9.74. The lowest BCUT2D eigenvalue weighted by molar-refractivity contribution is 1.12. The Bertz CT molecular complexity index is 753. The van der Waals surface area contributed by atoms with E-state index in [4.69, 9.17) is 17.3 Å². The molecule has 6 heteroatoms. The zero-order valence-corrected chi connectivity index (χ0v) is 12.7. The van der Waals surface area contributed by atoms with Crippen LogP contribution in [0.15, 0.2) is 36.5 Å². The Balaban J connectivity index is 2.02. The molecule has 3 rings (SSSR count). The quantitative estimate of drug-likeness (QED) is 0.459. The number of hydrogen-bond acceptors (Lipinski definition) is 3. The van der Waals surface area contributed by atoms with Crippen LogP contribution in [0.2, 0.25) is 5.02 Å². The normalized spacial score (nSPS) is 10.8. The van der Waals surface area contributed by atoms with E-state index in [0.29, 0.717) is 10.7 Å². The number of nitrogens with one attached hydrogen (secondary N) is 2. The summed E-state index contributed by atoms with van der Waals surface area (Å²) >= 11 is 8.18. The number of anilines is 3. The topological polar surface area (TPSA) is 66.7 Å². The minimum absolute atomic E-state index is 0.680. The van der Waals surface area contributed by atoms with Gasteiger partial charge in [-0.3, -0.25) is 5.10 Å². The highest BCUT2D eigenvalue weighted by atomic mass is 127. The lowest BCUT2D eigenvalue weighted by atomic mass is 10.2. The maximum Gasteiger partial charge on any atom is 0.0672 e. The maximum absolute atomic E-state index is 6.04. The van der Waals surface area contributed by atoms with E-state index in [1.54, 1.807) is 6.20 Å². The molecule has 0 radical (unpaired) electrons. The van der Waals surface area contributed by atoms with Gasteiger partial charge in [0.2, 0.25) is 0 Å². The fourth-order valence-electron chi connectivity index (χ4n) is 1.85. The minimum atomic E-state index is 0.680. The number of H-pyrrole nitrogens is 1. The molecule has 2 aromatic carbocycles. The van der Waals surface area contributed by atoms with Crippen LogP contribution in [-0.2, 0) is 0 Å². The lowest BCUT2D eigenvalue weighted by Crippen LogP contribution is -1.97. The van der Waals surface area contributed by atoms with E-state index >= 15 is 0 Å². The first-order chi connectivity index (χ1) is 9.13. The zero-order chi connectivity index (χ0) is 13.4. The Morgan fingerprint density at radius 3 is 2.84 bits per heavy atom. The van der Waals surface area contributed by atoms with Crippen molar-refractivity contribution in [2.24, 2.45) is 0 Å². The van der Waals surface area contributed by atoms with Crippen LogP contribution in [0.1, 0.15) is 0 Å². The first-order valence-corrected chi connectivity index (χ1v) is 7.04. The van der Waals surface area contributed by atoms with Crippen LogP contribution >= 0.6 is 34.2 Å². The number of benzene rings is 2. The number of hydrogen-bond donors (Lipinski definition) is 3. The molecule has 4 N–H and O–H groups in total. The maximum atomic E-state index is 6.04. The van der Waals surface area contributed by atoms with Crippen LogP contribution in [0, 0.1) is 3.57 Å². The SMILES string of the molecule is Nc1cc2cn[nH]c2cc1Nc1ccc(Cl)cc1I. The van der Waals surface area contributed by atoms with E-state index in [2.05, 4.69) is 38.1 Å². The summed E-state index contributed by atoms with van der Waals surface area (Å²) < 4.78 is 1.04. The summed E-state index contributed by atoms with van der Waals surface area (Å²) in [6.07, 6.45) is 1.75. The molecule has 0 atom stereocenters. The number of fused-ring (bicyclic) bond motifs is 1. The van der Waals surface area contributed by atoms with Gasteiger partial charge in [0.05, 0.1) is 28.8 Å². The molecule has 1 aromatic heterocycles. The highest BCUT2D eigenvalue weighted by Crippen LogP contribution is 2.30. The van der Waals surface area contributed by atoms with Gasteiger partial charge in [0.15, 0.2) is 0 Å². The smallest absolute Gasteiger partial charge is 0.0672 e. The number of nitrogen functional groups attached to an aromatic ring is 1. The van der Waals surface area contributed by atoms with Crippen molar-refractivity contribution < 1.29 is 0 Å². The predicted molar refractivity (Wildman–Crippen MR) is 88.0 cm³/mol. The monoisotopic (exact) mass is 384 g/mol. The molecule has 0 unspecified atom stereocenters. The van der Waals surface area contributed by atoms with E-state index < -0.39 is 0 Å². The van der Waals surface area contributed by atoms with Crippen LogP contribution in [0.25, 0.3) is 10.9 Å². The van der Waals surface area contributed by atoms with E-state index in [1.165, 1.54) is 0 Å². The van der Waals surface area contributed by atoms with Crippen molar-refractivity contribution in [3.63, 3.8) is 0 Å².